The van der Waals surface area contributed by atoms with E-state index in [-0.39, 0.29) is 47.8 Å². The molecule has 3 fully saturated rings. The average molecular weight is 876 g/mol. The summed E-state index contributed by atoms with van der Waals surface area (Å²) in [7, 11) is 2.60. The van der Waals surface area contributed by atoms with Crippen molar-refractivity contribution in [2.45, 2.75) is 109 Å². The molecule has 3 aliphatic rings. The summed E-state index contributed by atoms with van der Waals surface area (Å²) in [5.74, 6) is 1.76. The van der Waals surface area contributed by atoms with Gasteiger partial charge in [-0.15, -0.1) is 0 Å². The van der Waals surface area contributed by atoms with Crippen LogP contribution < -0.4 is 20.3 Å². The van der Waals surface area contributed by atoms with Crippen molar-refractivity contribution in [1.29, 1.82) is 0 Å². The number of methoxy groups -OCH3 is 2. The monoisotopic (exact) mass is 875 g/mol. The molecular formula is C48H61N9O7. The van der Waals surface area contributed by atoms with E-state index in [1.165, 1.54) is 14.2 Å². The molecule has 0 aliphatic carbocycles. The van der Waals surface area contributed by atoms with Gasteiger partial charge in [-0.25, -0.2) is 19.6 Å². The number of imidazole rings is 2. The van der Waals surface area contributed by atoms with E-state index >= 15 is 0 Å². The van der Waals surface area contributed by atoms with Gasteiger partial charge in [0, 0.05) is 18.8 Å². The lowest BCUT2D eigenvalue weighted by atomic mass is 10.0. The first-order chi connectivity index (χ1) is 30.9. The van der Waals surface area contributed by atoms with Gasteiger partial charge in [-0.05, 0) is 117 Å². The lowest BCUT2D eigenvalue weighted by Gasteiger charge is -2.33. The van der Waals surface area contributed by atoms with Crippen LogP contribution in [-0.2, 0) is 19.1 Å². The molecule has 3 saturated heterocycles. The lowest BCUT2D eigenvalue weighted by Crippen LogP contribution is -2.51. The van der Waals surface area contributed by atoms with Crippen LogP contribution in [0.1, 0.15) is 120 Å². The van der Waals surface area contributed by atoms with Crippen molar-refractivity contribution in [3.8, 4) is 5.75 Å². The fraction of sp³-hybridized carbons (Fsp3) is 0.500. The fourth-order valence-electron chi connectivity index (χ4n) is 9.92. The summed E-state index contributed by atoms with van der Waals surface area (Å²) < 4.78 is 15.5. The van der Waals surface area contributed by atoms with E-state index in [2.05, 4.69) is 74.0 Å². The first-order valence-corrected chi connectivity index (χ1v) is 22.7. The molecule has 16 heteroatoms. The van der Waals surface area contributed by atoms with E-state index in [4.69, 9.17) is 24.2 Å². The quantitative estimate of drug-likeness (QED) is 0.0903. The summed E-state index contributed by atoms with van der Waals surface area (Å²) in [5.41, 5.74) is 6.85. The summed E-state index contributed by atoms with van der Waals surface area (Å²) in [5, 5.41) is 5.47. The lowest BCUT2D eigenvalue weighted by molar-refractivity contribution is -0.136. The van der Waals surface area contributed by atoms with Crippen molar-refractivity contribution < 1.29 is 33.4 Å². The number of aromatic nitrogens is 4. The number of ether oxygens (including phenoxy) is 3. The molecule has 5 aromatic rings. The minimum absolute atomic E-state index is 0.0402. The van der Waals surface area contributed by atoms with Crippen LogP contribution in [0.3, 0.4) is 0 Å². The Morgan fingerprint density at radius 3 is 1.52 bits per heavy atom. The van der Waals surface area contributed by atoms with Gasteiger partial charge in [-0.1, -0.05) is 39.8 Å². The Kier molecular flexibility index (Phi) is 13.0. The van der Waals surface area contributed by atoms with Crippen LogP contribution in [0, 0.1) is 11.8 Å². The number of hydrogen-bond acceptors (Lipinski definition) is 10. The number of likely N-dealkylation sites (tertiary alicyclic amines) is 2. The second-order valence-corrected chi connectivity index (χ2v) is 17.8. The molecule has 5 heterocycles. The highest BCUT2D eigenvalue weighted by atomic mass is 16.5. The number of hydrogen-bond donors (Lipinski definition) is 4. The van der Waals surface area contributed by atoms with Crippen molar-refractivity contribution in [2.24, 2.45) is 11.8 Å². The Hall–Kier alpha value is -6.32. The highest BCUT2D eigenvalue weighted by molar-refractivity contribution is 5.87. The van der Waals surface area contributed by atoms with Crippen LogP contribution in [-0.4, -0.2) is 99.7 Å². The van der Waals surface area contributed by atoms with E-state index in [1.54, 1.807) is 0 Å². The van der Waals surface area contributed by atoms with Crippen LogP contribution in [0.2, 0.25) is 0 Å². The number of H-pyrrole nitrogens is 2. The predicted molar refractivity (Wildman–Crippen MR) is 243 cm³/mol. The summed E-state index contributed by atoms with van der Waals surface area (Å²) in [6, 6.07) is 19.3. The first-order valence-electron chi connectivity index (χ1n) is 22.7. The largest absolute Gasteiger partial charge is 0.494 e. The standard InChI is InChI=1S/C48H61N9O7/c1-8-64-32-17-15-31(16-18-32)57-37(29-13-19-33-35(25-29)51-43(49-33)39-11-9-23-55(39)45(58)41(27(2)3)53-47(60)62-6)21-22-38(57)30-14-20-34-36(26-30)52-44(50-34)40-12-10-24-56(40)46(59)42(28(4)5)54-48(61)63-7/h13-20,25-28,37-42H,8-12,21-24H2,1-7H3,(H,49,51)(H,50,52)(H,53,60)(H,54,61)/t37-,38-,39+,40+,41+,42+/m1/s1. The second kappa shape index (κ2) is 18.8. The van der Waals surface area contributed by atoms with Crippen LogP contribution >= 0.6 is 0 Å². The van der Waals surface area contributed by atoms with Crippen LogP contribution in [0.5, 0.6) is 5.75 Å². The van der Waals surface area contributed by atoms with E-state index in [0.29, 0.717) is 19.7 Å². The zero-order valence-electron chi connectivity index (χ0n) is 37.9. The molecule has 0 spiro atoms. The molecule has 0 radical (unpaired) electrons. The smallest absolute Gasteiger partial charge is 0.407 e. The Bertz CT molecular complexity index is 2340. The number of fused-ring (bicyclic) bond motifs is 2. The van der Waals surface area contributed by atoms with Crippen molar-refractivity contribution in [1.82, 2.24) is 40.4 Å². The number of carbonyl (C=O) groups is 4. The van der Waals surface area contributed by atoms with E-state index in [1.807, 2.05) is 56.6 Å². The Morgan fingerprint density at radius 1 is 0.656 bits per heavy atom. The van der Waals surface area contributed by atoms with Gasteiger partial charge in [0.1, 0.15) is 29.5 Å². The maximum absolute atomic E-state index is 13.9. The number of carbonyl (C=O) groups excluding carboxylic acids is 4. The number of nitrogens with one attached hydrogen (secondary N) is 4. The van der Waals surface area contributed by atoms with Crippen molar-refractivity contribution in [2.75, 3.05) is 38.8 Å². The maximum atomic E-state index is 13.9. The second-order valence-electron chi connectivity index (χ2n) is 17.8. The van der Waals surface area contributed by atoms with E-state index < -0.39 is 24.3 Å². The summed E-state index contributed by atoms with van der Waals surface area (Å²) in [4.78, 5) is 75.4. The minimum Gasteiger partial charge on any atom is -0.494 e. The molecule has 4 N–H and O–H groups in total. The van der Waals surface area contributed by atoms with E-state index in [0.717, 1.165) is 94.8 Å². The molecule has 3 aliphatic heterocycles. The van der Waals surface area contributed by atoms with Crippen LogP contribution in [0.15, 0.2) is 60.7 Å². The third-order valence-corrected chi connectivity index (χ3v) is 13.1. The highest BCUT2D eigenvalue weighted by Crippen LogP contribution is 2.48. The molecule has 16 nitrogen and oxygen atoms in total. The van der Waals surface area contributed by atoms with Gasteiger partial charge in [-0.3, -0.25) is 9.59 Å². The van der Waals surface area contributed by atoms with Crippen LogP contribution in [0.4, 0.5) is 15.3 Å². The van der Waals surface area contributed by atoms with Gasteiger partial charge in [0.05, 0.1) is 67.1 Å². The van der Waals surface area contributed by atoms with Gasteiger partial charge in [0.25, 0.3) is 0 Å². The highest BCUT2D eigenvalue weighted by Gasteiger charge is 2.40. The third kappa shape index (κ3) is 8.78. The van der Waals surface area contributed by atoms with E-state index in [9.17, 15) is 19.2 Å². The number of benzene rings is 3. The Morgan fingerprint density at radius 2 is 1.11 bits per heavy atom. The molecule has 8 rings (SSSR count). The van der Waals surface area contributed by atoms with Gasteiger partial charge < -0.3 is 49.5 Å². The molecule has 0 unspecified atom stereocenters. The van der Waals surface area contributed by atoms with Gasteiger partial charge in [0.2, 0.25) is 11.8 Å². The average Bonchev–Trinajstić information content (AvgIpc) is 4.15. The molecule has 0 saturated carbocycles. The number of alkyl carbamates (subject to hydrolysis) is 2. The number of anilines is 1. The molecule has 340 valence electrons. The normalized spacial score (nSPS) is 20.9. The van der Waals surface area contributed by atoms with Gasteiger partial charge in [0.15, 0.2) is 0 Å². The first kappa shape index (κ1) is 44.3. The SMILES string of the molecule is CCOc1ccc(N2[C@@H](c3ccc4nc([C@@H]5CCCN5C(=O)[C@@H](NC(=O)OC)C(C)C)[nH]c4c3)CC[C@@H]2c2ccc3nc([C@@H]4CCCN4C(=O)[C@@H](NC(=O)OC)C(C)C)[nH]c3c2)cc1. The van der Waals surface area contributed by atoms with Crippen LogP contribution in [0.25, 0.3) is 22.1 Å². The topological polar surface area (TPSA) is 187 Å². The van der Waals surface area contributed by atoms with Gasteiger partial charge >= 0.3 is 12.2 Å². The fourth-order valence-corrected chi connectivity index (χ4v) is 9.92. The molecule has 3 aromatic carbocycles. The zero-order valence-corrected chi connectivity index (χ0v) is 37.9. The molecule has 64 heavy (non-hydrogen) atoms. The predicted octanol–water partition coefficient (Wildman–Crippen LogP) is 8.01. The Balaban J connectivity index is 1.07. The number of amides is 4. The molecule has 4 amide bonds. The minimum atomic E-state index is -0.710. The summed E-state index contributed by atoms with van der Waals surface area (Å²) in [6.45, 7) is 11.4. The van der Waals surface area contributed by atoms with Crippen molar-refractivity contribution in [3.05, 3.63) is 83.4 Å². The molecule has 6 atom stereocenters. The number of aromatic amines is 2. The number of nitrogens with zero attached hydrogens (tertiary/aromatic N) is 5. The number of rotatable bonds is 13. The molecule has 2 aromatic heterocycles. The zero-order chi connectivity index (χ0) is 45.2. The van der Waals surface area contributed by atoms with Gasteiger partial charge in [-0.2, -0.15) is 0 Å². The molecule has 0 bridgehead atoms. The maximum Gasteiger partial charge on any atom is 0.407 e. The Labute approximate surface area is 373 Å². The summed E-state index contributed by atoms with van der Waals surface area (Å²) in [6.07, 6.45) is 3.76. The molecular weight excluding hydrogens is 815 g/mol. The third-order valence-electron chi connectivity index (χ3n) is 13.1. The van der Waals surface area contributed by atoms with Crippen molar-refractivity contribution >= 4 is 51.8 Å². The van der Waals surface area contributed by atoms with Crippen molar-refractivity contribution in [3.63, 3.8) is 0 Å². The summed E-state index contributed by atoms with van der Waals surface area (Å²) >= 11 is 0.